The highest BCUT2D eigenvalue weighted by molar-refractivity contribution is 5.93. The Balaban J connectivity index is 5.00. The van der Waals surface area contributed by atoms with Crippen molar-refractivity contribution in [2.75, 3.05) is 13.7 Å². The number of nitrogens with one attached hydrogen (secondary N) is 1. The summed E-state index contributed by atoms with van der Waals surface area (Å²) >= 11 is 0. The number of carbonyl (C=O) groups is 1. The van der Waals surface area contributed by atoms with Crippen LogP contribution in [0.15, 0.2) is 16.4 Å². The number of esters is 1. The molecule has 0 aromatic rings. The predicted molar refractivity (Wildman–Crippen MR) is 51.0 cm³/mol. The lowest BCUT2D eigenvalue weighted by molar-refractivity contribution is -0.138. The van der Waals surface area contributed by atoms with E-state index in [1.165, 1.54) is 7.05 Å². The molecule has 6 heteroatoms. The van der Waals surface area contributed by atoms with Crippen LogP contribution in [-0.4, -0.2) is 26.0 Å². The summed E-state index contributed by atoms with van der Waals surface area (Å²) in [4.78, 5) is 14.8. The van der Waals surface area contributed by atoms with Crippen molar-refractivity contribution in [2.45, 2.75) is 6.92 Å². The fourth-order valence-corrected chi connectivity index (χ4v) is 0.727. The molecule has 0 amide bonds. The normalized spacial score (nSPS) is 11.8. The van der Waals surface area contributed by atoms with Gasteiger partial charge < -0.3 is 15.8 Å². The van der Waals surface area contributed by atoms with Gasteiger partial charge in [-0.15, -0.1) is 0 Å². The van der Waals surface area contributed by atoms with Crippen LogP contribution in [0.4, 0.5) is 0 Å². The Kier molecular flexibility index (Phi) is 5.54. The van der Waals surface area contributed by atoms with Crippen molar-refractivity contribution in [3.63, 3.8) is 0 Å². The van der Waals surface area contributed by atoms with Gasteiger partial charge in [0.25, 0.3) is 0 Å². The zero-order valence-electron chi connectivity index (χ0n) is 8.07. The summed E-state index contributed by atoms with van der Waals surface area (Å²) in [6.07, 6.45) is 0.988. The summed E-state index contributed by atoms with van der Waals surface area (Å²) in [6.45, 7) is 1.85. The maximum Gasteiger partial charge on any atom is 0.352 e. The van der Waals surface area contributed by atoms with E-state index in [0.29, 0.717) is 0 Å². The first-order valence-electron chi connectivity index (χ1n) is 3.94. The third-order valence-corrected chi connectivity index (χ3v) is 1.27. The first kappa shape index (κ1) is 12.0. The van der Waals surface area contributed by atoms with E-state index >= 15 is 0 Å². The van der Waals surface area contributed by atoms with E-state index in [1.54, 1.807) is 13.0 Å². The van der Waals surface area contributed by atoms with E-state index in [-0.39, 0.29) is 18.0 Å². The Hall–Kier alpha value is -2.03. The molecule has 0 atom stereocenters. The van der Waals surface area contributed by atoms with Crippen molar-refractivity contribution in [3.05, 3.63) is 11.4 Å². The lowest BCUT2D eigenvalue weighted by Gasteiger charge is -2.03. The topological polar surface area (TPSA) is 100 Å². The fraction of sp³-hybridized carbons (Fsp3) is 0.375. The van der Waals surface area contributed by atoms with E-state index in [1.807, 2.05) is 0 Å². The van der Waals surface area contributed by atoms with E-state index in [9.17, 15) is 4.79 Å². The largest absolute Gasteiger partial charge is 0.462 e. The van der Waals surface area contributed by atoms with Gasteiger partial charge in [0.2, 0.25) is 0 Å². The first-order valence-corrected chi connectivity index (χ1v) is 3.94. The summed E-state index contributed by atoms with van der Waals surface area (Å²) in [5, 5.41) is 11.3. The van der Waals surface area contributed by atoms with Gasteiger partial charge in [-0.05, 0) is 6.92 Å². The van der Waals surface area contributed by atoms with E-state index in [0.717, 1.165) is 6.34 Å². The molecule has 0 aliphatic carbocycles. The Labute approximate surface area is 82.1 Å². The first-order chi connectivity index (χ1) is 6.71. The van der Waals surface area contributed by atoms with Gasteiger partial charge in [0.1, 0.15) is 6.07 Å². The average Bonchev–Trinajstić information content (AvgIpc) is 2.18. The van der Waals surface area contributed by atoms with Gasteiger partial charge in [0.15, 0.2) is 11.4 Å². The minimum absolute atomic E-state index is 0.0912. The molecule has 0 aromatic carbocycles. The molecule has 0 saturated carbocycles. The summed E-state index contributed by atoms with van der Waals surface area (Å²) < 4.78 is 4.65. The molecule has 6 nitrogen and oxygen atoms in total. The number of hydrogen-bond donors (Lipinski definition) is 2. The maximum atomic E-state index is 11.2. The van der Waals surface area contributed by atoms with Crippen molar-refractivity contribution < 1.29 is 9.53 Å². The number of aliphatic imine (C=N–C) groups is 1. The zero-order valence-corrected chi connectivity index (χ0v) is 8.07. The molecule has 3 N–H and O–H groups in total. The van der Waals surface area contributed by atoms with Crippen LogP contribution in [0.1, 0.15) is 6.92 Å². The number of hydrogen-bond acceptors (Lipinski definition) is 5. The van der Waals surface area contributed by atoms with Gasteiger partial charge in [-0.2, -0.15) is 5.26 Å². The zero-order chi connectivity index (χ0) is 11.0. The molecule has 0 aliphatic rings. The van der Waals surface area contributed by atoms with E-state index in [4.69, 9.17) is 11.0 Å². The molecule has 0 unspecified atom stereocenters. The number of rotatable bonds is 4. The summed E-state index contributed by atoms with van der Waals surface area (Å²) in [7, 11) is 1.53. The highest BCUT2D eigenvalue weighted by Crippen LogP contribution is 2.03. The highest BCUT2D eigenvalue weighted by Gasteiger charge is 2.14. The number of nitrogens with zero attached hydrogens (tertiary/aromatic N) is 2. The third kappa shape index (κ3) is 3.15. The van der Waals surface area contributed by atoms with Gasteiger partial charge in [-0.3, -0.25) is 0 Å². The summed E-state index contributed by atoms with van der Waals surface area (Å²) in [6, 6.07) is 1.70. The molecule has 0 spiro atoms. The molecule has 0 aromatic heterocycles. The molecular weight excluding hydrogens is 184 g/mol. The molecule has 0 fully saturated rings. The molecule has 0 rings (SSSR count). The molecule has 14 heavy (non-hydrogen) atoms. The van der Waals surface area contributed by atoms with Crippen LogP contribution in [0.25, 0.3) is 0 Å². The predicted octanol–water partition coefficient (Wildman–Crippen LogP) is -0.509. The molecule has 0 radical (unpaired) electrons. The Morgan fingerprint density at radius 3 is 2.79 bits per heavy atom. The van der Waals surface area contributed by atoms with Crippen LogP contribution < -0.4 is 11.1 Å². The second-order valence-electron chi connectivity index (χ2n) is 2.08. The lowest BCUT2D eigenvalue weighted by Crippen LogP contribution is -2.15. The van der Waals surface area contributed by atoms with Crippen LogP contribution in [-0.2, 0) is 9.53 Å². The quantitative estimate of drug-likeness (QED) is 0.207. The van der Waals surface area contributed by atoms with Crippen LogP contribution in [0.2, 0.25) is 0 Å². The van der Waals surface area contributed by atoms with Crippen molar-refractivity contribution in [1.29, 1.82) is 5.26 Å². The Morgan fingerprint density at radius 1 is 1.79 bits per heavy atom. The minimum Gasteiger partial charge on any atom is -0.462 e. The van der Waals surface area contributed by atoms with Crippen molar-refractivity contribution in [1.82, 2.24) is 5.32 Å². The second kappa shape index (κ2) is 6.48. The van der Waals surface area contributed by atoms with Crippen LogP contribution >= 0.6 is 0 Å². The van der Waals surface area contributed by atoms with Crippen LogP contribution in [0.3, 0.4) is 0 Å². The second-order valence-corrected chi connectivity index (χ2v) is 2.08. The SMILES string of the molecule is CCOC(=O)/C(C#N)=C(/N=C/N)NC. The van der Waals surface area contributed by atoms with Gasteiger partial charge in [-0.1, -0.05) is 0 Å². The molecule has 0 aliphatic heterocycles. The third-order valence-electron chi connectivity index (χ3n) is 1.27. The van der Waals surface area contributed by atoms with E-state index in [2.05, 4.69) is 15.0 Å². The molecule has 76 valence electrons. The minimum atomic E-state index is -0.718. The number of nitrogens with two attached hydrogens (primary N) is 1. The smallest absolute Gasteiger partial charge is 0.352 e. The number of ether oxygens (including phenoxy) is 1. The maximum absolute atomic E-state index is 11.2. The molecule has 0 saturated heterocycles. The summed E-state index contributed by atoms with van der Waals surface area (Å²) in [5.41, 5.74) is 4.85. The lowest BCUT2D eigenvalue weighted by atomic mass is 10.3. The Bertz CT molecular complexity index is 301. The highest BCUT2D eigenvalue weighted by atomic mass is 16.5. The number of nitriles is 1. The van der Waals surface area contributed by atoms with Crippen LogP contribution in [0, 0.1) is 11.3 Å². The monoisotopic (exact) mass is 196 g/mol. The van der Waals surface area contributed by atoms with E-state index < -0.39 is 5.97 Å². The van der Waals surface area contributed by atoms with Gasteiger partial charge >= 0.3 is 5.97 Å². The van der Waals surface area contributed by atoms with Gasteiger partial charge in [-0.25, -0.2) is 9.79 Å². The van der Waals surface area contributed by atoms with Crippen molar-refractivity contribution in [3.8, 4) is 6.07 Å². The van der Waals surface area contributed by atoms with Gasteiger partial charge in [0, 0.05) is 7.05 Å². The number of carbonyl (C=O) groups excluding carboxylic acids is 1. The summed E-state index contributed by atoms with van der Waals surface area (Å²) in [5.74, 6) is -0.626. The standard InChI is InChI=1S/C8H12N4O2/c1-3-14-8(13)6(4-9)7(11-2)12-5-10/h5,11H,3H2,1-2H3,(H2,10,12)/b7-6+. The fourth-order valence-electron chi connectivity index (χ4n) is 0.727. The van der Waals surface area contributed by atoms with Crippen molar-refractivity contribution in [2.24, 2.45) is 10.7 Å². The van der Waals surface area contributed by atoms with Crippen molar-refractivity contribution >= 4 is 12.3 Å². The molecule has 0 bridgehead atoms. The van der Waals surface area contributed by atoms with Gasteiger partial charge in [0.05, 0.1) is 12.9 Å². The average molecular weight is 196 g/mol. The molecular formula is C8H12N4O2. The molecule has 0 heterocycles. The Morgan fingerprint density at radius 2 is 2.43 bits per heavy atom. The van der Waals surface area contributed by atoms with Crippen LogP contribution in [0.5, 0.6) is 0 Å².